The fourth-order valence-corrected chi connectivity index (χ4v) is 6.28. The Morgan fingerprint density at radius 3 is 2.50 bits per heavy atom. The summed E-state index contributed by atoms with van der Waals surface area (Å²) in [4.78, 5) is 4.47. The second-order valence-corrected chi connectivity index (χ2v) is 10.2. The lowest BCUT2D eigenvalue weighted by molar-refractivity contribution is 0.135. The third-order valence-electron chi connectivity index (χ3n) is 5.33. The lowest BCUT2D eigenvalue weighted by atomic mass is 10.1. The summed E-state index contributed by atoms with van der Waals surface area (Å²) in [5.74, 6) is -0.482. The maximum atomic E-state index is 13.7. The highest BCUT2D eigenvalue weighted by atomic mass is 32.2. The Morgan fingerprint density at radius 2 is 1.83 bits per heavy atom. The van der Waals surface area contributed by atoms with E-state index in [0.29, 0.717) is 18.0 Å². The van der Waals surface area contributed by atoms with Crippen molar-refractivity contribution in [3.8, 4) is 10.9 Å². The number of rotatable bonds is 5. The topological polar surface area (TPSA) is 68.7 Å². The summed E-state index contributed by atoms with van der Waals surface area (Å²) in [6, 6.07) is 7.63. The van der Waals surface area contributed by atoms with Crippen LogP contribution in [0.15, 0.2) is 35.2 Å². The van der Waals surface area contributed by atoms with Crippen molar-refractivity contribution in [2.24, 2.45) is 0 Å². The standard InChI is InChI=1S/C21H23FN2O4S2/c1-13-4-5-14(2)20-19(13)23-21(29-20)28-16-8-10-24(11-9-16)30(25,26)18-12-15(22)6-7-17(18)27-3/h4-7,12,16H,8-11H2,1-3H3. The number of thiazole rings is 1. The summed E-state index contributed by atoms with van der Waals surface area (Å²) in [7, 11) is -2.49. The van der Waals surface area contributed by atoms with Gasteiger partial charge in [0.25, 0.3) is 5.19 Å². The minimum Gasteiger partial charge on any atom is -0.495 e. The van der Waals surface area contributed by atoms with E-state index >= 15 is 0 Å². The fraction of sp³-hybridized carbons (Fsp3) is 0.381. The molecule has 30 heavy (non-hydrogen) atoms. The molecule has 1 saturated heterocycles. The van der Waals surface area contributed by atoms with Gasteiger partial charge in [-0.1, -0.05) is 23.5 Å². The maximum Gasteiger partial charge on any atom is 0.274 e. The summed E-state index contributed by atoms with van der Waals surface area (Å²) in [5.41, 5.74) is 3.22. The number of fused-ring (bicyclic) bond motifs is 1. The quantitative estimate of drug-likeness (QED) is 0.580. The molecule has 2 heterocycles. The molecule has 0 radical (unpaired) electrons. The maximum absolute atomic E-state index is 13.7. The number of aryl methyl sites for hydroxylation is 2. The molecule has 0 aliphatic carbocycles. The van der Waals surface area contributed by atoms with E-state index in [1.54, 1.807) is 0 Å². The van der Waals surface area contributed by atoms with Gasteiger partial charge in [-0.05, 0) is 56.0 Å². The lowest BCUT2D eigenvalue weighted by Crippen LogP contribution is -2.41. The van der Waals surface area contributed by atoms with Crippen molar-refractivity contribution in [3.05, 3.63) is 47.3 Å². The predicted octanol–water partition coefficient (Wildman–Crippen LogP) is 4.29. The molecule has 9 heteroatoms. The second-order valence-electron chi connectivity index (χ2n) is 7.37. The van der Waals surface area contributed by atoms with Gasteiger partial charge < -0.3 is 9.47 Å². The molecule has 160 valence electrons. The van der Waals surface area contributed by atoms with E-state index < -0.39 is 15.8 Å². The van der Waals surface area contributed by atoms with Gasteiger partial charge in [-0.2, -0.15) is 4.31 Å². The van der Waals surface area contributed by atoms with E-state index in [1.807, 2.05) is 19.9 Å². The molecule has 1 fully saturated rings. The van der Waals surface area contributed by atoms with E-state index in [9.17, 15) is 12.8 Å². The first-order valence-electron chi connectivity index (χ1n) is 9.66. The van der Waals surface area contributed by atoms with Gasteiger partial charge in [0.2, 0.25) is 10.0 Å². The van der Waals surface area contributed by atoms with Crippen molar-refractivity contribution in [3.63, 3.8) is 0 Å². The largest absolute Gasteiger partial charge is 0.495 e. The predicted molar refractivity (Wildman–Crippen MR) is 114 cm³/mol. The number of sulfonamides is 1. The van der Waals surface area contributed by atoms with Gasteiger partial charge in [0.05, 0.1) is 17.3 Å². The van der Waals surface area contributed by atoms with Crippen LogP contribution in [0.3, 0.4) is 0 Å². The molecule has 0 unspecified atom stereocenters. The molecule has 1 aliphatic heterocycles. The smallest absolute Gasteiger partial charge is 0.274 e. The van der Waals surface area contributed by atoms with Gasteiger partial charge in [-0.3, -0.25) is 0 Å². The van der Waals surface area contributed by atoms with Crippen LogP contribution in [-0.4, -0.2) is 44.0 Å². The third kappa shape index (κ3) is 3.89. The van der Waals surface area contributed by atoms with Gasteiger partial charge in [0, 0.05) is 13.1 Å². The SMILES string of the molecule is COc1ccc(F)cc1S(=O)(=O)N1CCC(Oc2nc3c(C)ccc(C)c3s2)CC1. The summed E-state index contributed by atoms with van der Waals surface area (Å²) in [5, 5.41) is 0.607. The van der Waals surface area contributed by atoms with Crippen molar-refractivity contribution >= 4 is 31.6 Å². The number of methoxy groups -OCH3 is 1. The fourth-order valence-electron chi connectivity index (χ4n) is 3.61. The zero-order valence-electron chi connectivity index (χ0n) is 17.0. The highest BCUT2D eigenvalue weighted by Gasteiger charge is 2.33. The number of benzene rings is 2. The molecule has 0 bridgehead atoms. The Balaban J connectivity index is 1.47. The minimum absolute atomic E-state index is 0.118. The zero-order valence-corrected chi connectivity index (χ0v) is 18.6. The van der Waals surface area contributed by atoms with E-state index in [2.05, 4.69) is 11.1 Å². The highest BCUT2D eigenvalue weighted by Crippen LogP contribution is 2.34. The molecular formula is C21H23FN2O4S2. The molecule has 1 aromatic heterocycles. The second kappa shape index (κ2) is 8.13. The molecule has 6 nitrogen and oxygen atoms in total. The molecule has 0 amide bonds. The number of piperidine rings is 1. The van der Waals surface area contributed by atoms with Crippen LogP contribution in [0, 0.1) is 19.7 Å². The zero-order chi connectivity index (χ0) is 21.5. The monoisotopic (exact) mass is 450 g/mol. The Labute approximate surface area is 179 Å². The summed E-state index contributed by atoms with van der Waals surface area (Å²) < 4.78 is 53.4. The summed E-state index contributed by atoms with van der Waals surface area (Å²) in [6.07, 6.45) is 0.946. The van der Waals surface area contributed by atoms with E-state index in [0.717, 1.165) is 27.4 Å². The Morgan fingerprint density at radius 1 is 1.13 bits per heavy atom. The summed E-state index contributed by atoms with van der Waals surface area (Å²) in [6.45, 7) is 4.65. The first-order valence-corrected chi connectivity index (χ1v) is 11.9. The van der Waals surface area contributed by atoms with Crippen molar-refractivity contribution < 1.29 is 22.3 Å². The van der Waals surface area contributed by atoms with Crippen LogP contribution in [0.25, 0.3) is 10.2 Å². The van der Waals surface area contributed by atoms with Crippen molar-refractivity contribution in [2.45, 2.75) is 37.7 Å². The van der Waals surface area contributed by atoms with Gasteiger partial charge in [0.1, 0.15) is 22.6 Å². The molecule has 4 rings (SSSR count). The molecule has 0 atom stereocenters. The van der Waals surface area contributed by atoms with Crippen LogP contribution in [0.1, 0.15) is 24.0 Å². The summed E-state index contributed by atoms with van der Waals surface area (Å²) >= 11 is 1.52. The van der Waals surface area contributed by atoms with E-state index in [-0.39, 0.29) is 29.8 Å². The van der Waals surface area contributed by atoms with Gasteiger partial charge in [0.15, 0.2) is 0 Å². The van der Waals surface area contributed by atoms with Gasteiger partial charge in [-0.25, -0.2) is 17.8 Å². The molecule has 0 saturated carbocycles. The molecule has 2 aromatic carbocycles. The molecule has 0 spiro atoms. The van der Waals surface area contributed by atoms with E-state index in [1.165, 1.54) is 34.9 Å². The Bertz CT molecular complexity index is 1150. The number of ether oxygens (including phenoxy) is 2. The van der Waals surface area contributed by atoms with Crippen LogP contribution < -0.4 is 9.47 Å². The minimum atomic E-state index is -3.86. The highest BCUT2D eigenvalue weighted by molar-refractivity contribution is 7.89. The number of hydrogen-bond acceptors (Lipinski definition) is 6. The Kier molecular flexibility index (Phi) is 5.69. The van der Waals surface area contributed by atoms with Crippen LogP contribution >= 0.6 is 11.3 Å². The van der Waals surface area contributed by atoms with Crippen LogP contribution in [-0.2, 0) is 10.0 Å². The van der Waals surface area contributed by atoms with Crippen molar-refractivity contribution in [1.82, 2.24) is 9.29 Å². The Hall–Kier alpha value is -2.23. The molecule has 1 aliphatic rings. The molecule has 0 N–H and O–H groups in total. The van der Waals surface area contributed by atoms with Crippen molar-refractivity contribution in [2.75, 3.05) is 20.2 Å². The number of nitrogens with zero attached hydrogens (tertiary/aromatic N) is 2. The number of hydrogen-bond donors (Lipinski definition) is 0. The normalized spacial score (nSPS) is 16.1. The lowest BCUT2D eigenvalue weighted by Gasteiger charge is -2.31. The van der Waals surface area contributed by atoms with Crippen molar-refractivity contribution in [1.29, 1.82) is 0 Å². The van der Waals surface area contributed by atoms with Gasteiger partial charge in [-0.15, -0.1) is 0 Å². The number of aromatic nitrogens is 1. The first kappa shape index (κ1) is 21.0. The van der Waals surface area contributed by atoms with Crippen LogP contribution in [0.5, 0.6) is 10.9 Å². The number of halogens is 1. The molecule has 3 aromatic rings. The van der Waals surface area contributed by atoms with Crippen LogP contribution in [0.2, 0.25) is 0 Å². The third-order valence-corrected chi connectivity index (χ3v) is 8.34. The first-order chi connectivity index (χ1) is 14.3. The van der Waals surface area contributed by atoms with Gasteiger partial charge >= 0.3 is 0 Å². The average molecular weight is 451 g/mol. The van der Waals surface area contributed by atoms with E-state index in [4.69, 9.17) is 9.47 Å². The molecular weight excluding hydrogens is 427 g/mol. The van der Waals surface area contributed by atoms with Crippen LogP contribution in [0.4, 0.5) is 4.39 Å². The average Bonchev–Trinajstić information content (AvgIpc) is 3.16.